The minimum absolute atomic E-state index is 0.148. The molecule has 1 amide bonds. The summed E-state index contributed by atoms with van der Waals surface area (Å²) in [6.07, 6.45) is 7.85. The number of likely N-dealkylation sites (tertiary alicyclic amines) is 1. The second kappa shape index (κ2) is 29.1. The molecule has 0 unspecified atom stereocenters. The summed E-state index contributed by atoms with van der Waals surface area (Å²) in [5.41, 5.74) is 7.60. The van der Waals surface area contributed by atoms with Crippen molar-refractivity contribution >= 4 is 22.9 Å². The molecule has 310 valence electrons. The number of hydrogen-bond acceptors (Lipinski definition) is 6. The first-order valence-electron chi connectivity index (χ1n) is 19.6. The van der Waals surface area contributed by atoms with Gasteiger partial charge in [-0.1, -0.05) is 30.0 Å². The van der Waals surface area contributed by atoms with Gasteiger partial charge in [0.05, 0.1) is 5.69 Å². The van der Waals surface area contributed by atoms with Crippen molar-refractivity contribution in [2.75, 3.05) is 18.8 Å². The Morgan fingerprint density at radius 3 is 1.52 bits per heavy atom. The predicted molar refractivity (Wildman–Crippen MR) is 260 cm³/mol. The standard InChI is InChI=1S/C31H4.C27H26N6O3/c1-3-5-7-9-11-13-15-17-19-21-23-25-27-29-31-30-28-26-24-22-20-18-16-14-12-10-8-6-4-2;1-2-6-23(34)31-15-13-19(14-16-31)17-32-26-24(25(28)29-18-30-26)33(27(32)35)20-9-11-22(12-10-20)36-21-7-4-3-5-8-21/h1H,2H3;3-5,7-12,18-19H,13-17H2,1H3,(H2,28,29,30). The fourth-order valence-electron chi connectivity index (χ4n) is 5.44. The fraction of sp³-hybridized carbons (Fsp3) is 0.138. The number of hydrogen-bond donors (Lipinski definition) is 1. The Labute approximate surface area is 391 Å². The van der Waals surface area contributed by atoms with Gasteiger partial charge in [-0.05, 0) is 170 Å². The van der Waals surface area contributed by atoms with Crippen LogP contribution in [-0.2, 0) is 11.3 Å². The number of para-hydroxylation sites is 1. The summed E-state index contributed by atoms with van der Waals surface area (Å²) >= 11 is 0. The summed E-state index contributed by atoms with van der Waals surface area (Å²) in [6, 6.07) is 16.7. The van der Waals surface area contributed by atoms with Crippen LogP contribution in [0.1, 0.15) is 26.7 Å². The maximum absolute atomic E-state index is 13.6. The van der Waals surface area contributed by atoms with Gasteiger partial charge in [0, 0.05) is 90.7 Å². The highest BCUT2D eigenvalue weighted by molar-refractivity contribution is 5.93. The molecule has 1 aliphatic rings. The molecular formula is C58H30N6O3. The zero-order chi connectivity index (χ0) is 47.6. The molecule has 0 radical (unpaired) electrons. The van der Waals surface area contributed by atoms with E-state index in [1.807, 2.05) is 54.6 Å². The van der Waals surface area contributed by atoms with Crippen molar-refractivity contribution in [3.8, 4) is 207 Å². The number of fused-ring (bicyclic) bond motifs is 1. The Morgan fingerprint density at radius 1 is 0.627 bits per heavy atom. The first kappa shape index (κ1) is 48.5. The van der Waals surface area contributed by atoms with Crippen LogP contribution in [0.5, 0.6) is 11.5 Å². The molecule has 4 aromatic rings. The first-order valence-corrected chi connectivity index (χ1v) is 19.6. The lowest BCUT2D eigenvalue weighted by molar-refractivity contribution is -0.126. The highest BCUT2D eigenvalue weighted by Gasteiger charge is 2.26. The SMILES string of the molecule is C#CC#CC#CC#CC#CC#CC#CC#CC#CC#CC#CC#CC#CC#CC#CC.CC#CC(=O)N1CCC(Cn2c(=O)n(-c3ccc(Oc4ccccc4)cc3)c3c(N)ncnc32)CC1. The number of nitrogen functional groups attached to an aromatic ring is 1. The fourth-order valence-corrected chi connectivity index (χ4v) is 5.44. The summed E-state index contributed by atoms with van der Waals surface area (Å²) < 4.78 is 9.09. The van der Waals surface area contributed by atoms with Crippen LogP contribution in [0.4, 0.5) is 5.82 Å². The van der Waals surface area contributed by atoms with E-state index in [9.17, 15) is 9.59 Å². The van der Waals surface area contributed by atoms with Crippen LogP contribution in [-0.4, -0.2) is 43.0 Å². The van der Waals surface area contributed by atoms with Gasteiger partial charge in [0.25, 0.3) is 5.91 Å². The monoisotopic (exact) mass is 858 g/mol. The molecule has 0 saturated carbocycles. The van der Waals surface area contributed by atoms with E-state index in [4.69, 9.17) is 16.9 Å². The molecule has 3 heterocycles. The largest absolute Gasteiger partial charge is 0.457 e. The van der Waals surface area contributed by atoms with Gasteiger partial charge in [0.2, 0.25) is 0 Å². The number of anilines is 1. The summed E-state index contributed by atoms with van der Waals surface area (Å²) in [5, 5.41) is 0. The molecule has 0 atom stereocenters. The van der Waals surface area contributed by atoms with E-state index in [0.29, 0.717) is 42.2 Å². The van der Waals surface area contributed by atoms with Crippen molar-refractivity contribution in [1.29, 1.82) is 0 Å². The molecule has 2 N–H and O–H groups in total. The zero-order valence-corrected chi connectivity index (χ0v) is 36.0. The van der Waals surface area contributed by atoms with E-state index < -0.39 is 0 Å². The van der Waals surface area contributed by atoms with Gasteiger partial charge in [-0.3, -0.25) is 13.9 Å². The second-order valence-corrected chi connectivity index (χ2v) is 12.4. The van der Waals surface area contributed by atoms with Crippen molar-refractivity contribution in [1.82, 2.24) is 24.0 Å². The number of piperidine rings is 1. The molecule has 0 spiro atoms. The van der Waals surface area contributed by atoms with Crippen LogP contribution < -0.4 is 16.2 Å². The van der Waals surface area contributed by atoms with Crippen LogP contribution in [0.3, 0.4) is 0 Å². The van der Waals surface area contributed by atoms with Gasteiger partial charge in [0.15, 0.2) is 11.5 Å². The number of carbonyl (C=O) groups is 1. The average molecular weight is 859 g/mol. The number of terminal acetylenes is 1. The van der Waals surface area contributed by atoms with E-state index in [1.54, 1.807) is 27.9 Å². The first-order chi connectivity index (χ1) is 33.0. The van der Waals surface area contributed by atoms with Gasteiger partial charge in [-0.2, -0.15) is 0 Å². The quantitative estimate of drug-likeness (QED) is 0.306. The van der Waals surface area contributed by atoms with Crippen molar-refractivity contribution in [2.24, 2.45) is 5.92 Å². The molecular weight excluding hydrogens is 829 g/mol. The molecule has 1 saturated heterocycles. The van der Waals surface area contributed by atoms with E-state index in [-0.39, 0.29) is 23.3 Å². The number of nitrogens with zero attached hydrogens (tertiary/aromatic N) is 5. The highest BCUT2D eigenvalue weighted by Crippen LogP contribution is 2.26. The third-order valence-electron chi connectivity index (χ3n) is 8.20. The van der Waals surface area contributed by atoms with Crippen molar-refractivity contribution < 1.29 is 9.53 Å². The molecule has 0 aliphatic carbocycles. The number of ether oxygens (including phenoxy) is 1. The number of carbonyl (C=O) groups excluding carboxylic acids is 1. The van der Waals surface area contributed by atoms with Gasteiger partial charge >= 0.3 is 5.69 Å². The third kappa shape index (κ3) is 17.4. The van der Waals surface area contributed by atoms with Crippen LogP contribution >= 0.6 is 0 Å². The van der Waals surface area contributed by atoms with Crippen LogP contribution in [0.15, 0.2) is 65.7 Å². The molecule has 0 bridgehead atoms. The summed E-state index contributed by atoms with van der Waals surface area (Å²) in [6.45, 7) is 5.06. The van der Waals surface area contributed by atoms with Crippen LogP contribution in [0.25, 0.3) is 16.9 Å². The topological polar surface area (TPSA) is 108 Å². The summed E-state index contributed by atoms with van der Waals surface area (Å²) in [4.78, 5) is 36.0. The molecule has 1 fully saturated rings. The molecule has 67 heavy (non-hydrogen) atoms. The molecule has 1 aliphatic heterocycles. The number of aromatic nitrogens is 4. The molecule has 2 aromatic heterocycles. The number of amides is 1. The van der Waals surface area contributed by atoms with Gasteiger partial charge in [0.1, 0.15) is 23.3 Å². The molecule has 5 rings (SSSR count). The van der Waals surface area contributed by atoms with E-state index in [0.717, 1.165) is 18.6 Å². The Balaban J connectivity index is 0.000000297. The van der Waals surface area contributed by atoms with Crippen molar-refractivity contribution in [3.63, 3.8) is 0 Å². The Hall–Kier alpha value is -11.2. The minimum Gasteiger partial charge on any atom is -0.457 e. The molecule has 2 aromatic carbocycles. The highest BCUT2D eigenvalue weighted by atomic mass is 16.5. The number of imidazole rings is 1. The average Bonchev–Trinajstić information content (AvgIpc) is 3.63. The maximum atomic E-state index is 13.6. The Bertz CT molecular complexity index is 3660. The van der Waals surface area contributed by atoms with Crippen LogP contribution in [0, 0.1) is 196 Å². The predicted octanol–water partition coefficient (Wildman–Crippen LogP) is 3.91. The lowest BCUT2D eigenvalue weighted by Gasteiger charge is -2.30. The van der Waals surface area contributed by atoms with E-state index in [2.05, 4.69) is 194 Å². The van der Waals surface area contributed by atoms with Gasteiger partial charge in [-0.15, -0.1) is 6.42 Å². The summed E-state index contributed by atoms with van der Waals surface area (Å²) in [5.74, 6) is 78.8. The Kier molecular flexibility index (Phi) is 21.1. The summed E-state index contributed by atoms with van der Waals surface area (Å²) in [7, 11) is 0. The number of benzene rings is 2. The molecule has 9 nitrogen and oxygen atoms in total. The third-order valence-corrected chi connectivity index (χ3v) is 8.20. The number of nitrogens with two attached hydrogens (primary N) is 1. The lowest BCUT2D eigenvalue weighted by atomic mass is 9.96. The minimum atomic E-state index is -0.232. The number of rotatable bonds is 5. The van der Waals surface area contributed by atoms with Gasteiger partial charge in [-0.25, -0.2) is 14.8 Å². The van der Waals surface area contributed by atoms with Crippen LogP contribution in [0.2, 0.25) is 0 Å². The van der Waals surface area contributed by atoms with Crippen molar-refractivity contribution in [2.45, 2.75) is 33.2 Å². The second-order valence-electron chi connectivity index (χ2n) is 12.4. The maximum Gasteiger partial charge on any atom is 0.335 e. The van der Waals surface area contributed by atoms with E-state index in [1.165, 1.54) is 6.33 Å². The Morgan fingerprint density at radius 2 is 1.07 bits per heavy atom. The van der Waals surface area contributed by atoms with E-state index >= 15 is 0 Å². The normalized spacial score (nSPS) is 9.24. The van der Waals surface area contributed by atoms with Crippen molar-refractivity contribution in [3.05, 3.63) is 71.4 Å². The zero-order valence-electron chi connectivity index (χ0n) is 36.0. The smallest absolute Gasteiger partial charge is 0.335 e. The molecule has 9 heteroatoms. The lowest BCUT2D eigenvalue weighted by Crippen LogP contribution is -2.39. The van der Waals surface area contributed by atoms with Gasteiger partial charge < -0.3 is 15.4 Å².